The third-order valence-electron chi connectivity index (χ3n) is 5.39. The molecule has 0 aliphatic carbocycles. The maximum Gasteiger partial charge on any atom is 0.407 e. The summed E-state index contributed by atoms with van der Waals surface area (Å²) in [6, 6.07) is 27.3. The molecule has 0 aromatic heterocycles. The minimum Gasteiger partial charge on any atom is -0.465 e. The molecule has 0 spiro atoms. The smallest absolute Gasteiger partial charge is 0.407 e. The summed E-state index contributed by atoms with van der Waals surface area (Å²) in [5, 5.41) is 12.4. The van der Waals surface area contributed by atoms with E-state index < -0.39 is 12.0 Å². The zero-order chi connectivity index (χ0) is 20.2. The molecule has 2 amide bonds. The minimum atomic E-state index is -0.993. The van der Waals surface area contributed by atoms with E-state index in [2.05, 4.69) is 5.32 Å². The molecule has 1 heterocycles. The Bertz CT molecular complexity index is 1000. The number of rotatable bonds is 4. The third kappa shape index (κ3) is 4.14. The first-order valence-corrected chi connectivity index (χ1v) is 9.61. The van der Waals surface area contributed by atoms with Crippen molar-refractivity contribution in [2.75, 3.05) is 18.4 Å². The van der Waals surface area contributed by atoms with Crippen LogP contribution in [-0.4, -0.2) is 35.1 Å². The van der Waals surface area contributed by atoms with Gasteiger partial charge in [-0.2, -0.15) is 0 Å². The second-order valence-corrected chi connectivity index (χ2v) is 7.25. The fraction of sp³-hybridized carbons (Fsp3) is 0.167. The van der Waals surface area contributed by atoms with Gasteiger partial charge < -0.3 is 15.3 Å². The van der Waals surface area contributed by atoms with Crippen LogP contribution >= 0.6 is 0 Å². The molecule has 0 radical (unpaired) electrons. The molecule has 0 bridgehead atoms. The Kier molecular flexibility index (Phi) is 5.29. The fourth-order valence-electron chi connectivity index (χ4n) is 3.91. The number of likely N-dealkylation sites (tertiary alicyclic amines) is 1. The lowest BCUT2D eigenvalue weighted by molar-refractivity contribution is -0.119. The Morgan fingerprint density at radius 3 is 2.17 bits per heavy atom. The van der Waals surface area contributed by atoms with Crippen LogP contribution < -0.4 is 5.32 Å². The van der Waals surface area contributed by atoms with Crippen molar-refractivity contribution in [3.8, 4) is 11.1 Å². The Hall–Kier alpha value is -3.60. The van der Waals surface area contributed by atoms with Gasteiger partial charge in [0.25, 0.3) is 0 Å². The molecule has 3 aromatic rings. The molecular formula is C24H22N2O3. The van der Waals surface area contributed by atoms with E-state index >= 15 is 0 Å². The number of carbonyl (C=O) groups is 2. The highest BCUT2D eigenvalue weighted by atomic mass is 16.4. The first-order valence-electron chi connectivity index (χ1n) is 9.61. The number of nitrogens with zero attached hydrogens (tertiary/aromatic N) is 1. The Balaban J connectivity index is 1.56. The quantitative estimate of drug-likeness (QED) is 0.684. The van der Waals surface area contributed by atoms with Gasteiger partial charge in [0.15, 0.2) is 0 Å². The summed E-state index contributed by atoms with van der Waals surface area (Å²) in [5.74, 6) is -0.758. The minimum absolute atomic E-state index is 0.159. The van der Waals surface area contributed by atoms with Crippen LogP contribution in [0.25, 0.3) is 11.1 Å². The maximum atomic E-state index is 13.1. The number of nitrogens with one attached hydrogen (secondary N) is 1. The molecule has 2 unspecified atom stereocenters. The first-order chi connectivity index (χ1) is 14.1. The molecule has 29 heavy (non-hydrogen) atoms. The van der Waals surface area contributed by atoms with Crippen molar-refractivity contribution in [3.05, 3.63) is 90.5 Å². The summed E-state index contributed by atoms with van der Waals surface area (Å²) >= 11 is 0. The molecule has 0 saturated carbocycles. The summed E-state index contributed by atoms with van der Waals surface area (Å²) in [6.45, 7) is 0.514. The van der Waals surface area contributed by atoms with Gasteiger partial charge in [-0.05, 0) is 28.8 Å². The molecule has 5 nitrogen and oxygen atoms in total. The van der Waals surface area contributed by atoms with E-state index in [0.29, 0.717) is 12.2 Å². The number of carbonyl (C=O) groups excluding carboxylic acids is 1. The van der Waals surface area contributed by atoms with E-state index in [1.807, 2.05) is 84.9 Å². The lowest BCUT2D eigenvalue weighted by Crippen LogP contribution is -2.30. The first kappa shape index (κ1) is 18.7. The second kappa shape index (κ2) is 8.19. The second-order valence-electron chi connectivity index (χ2n) is 7.25. The molecule has 3 aromatic carbocycles. The topological polar surface area (TPSA) is 69.6 Å². The molecular weight excluding hydrogens is 364 g/mol. The van der Waals surface area contributed by atoms with Crippen LogP contribution in [0.2, 0.25) is 0 Å². The molecule has 1 aliphatic heterocycles. The lowest BCUT2D eigenvalue weighted by atomic mass is 9.88. The number of amides is 2. The summed E-state index contributed by atoms with van der Waals surface area (Å²) in [4.78, 5) is 25.9. The molecule has 1 aliphatic rings. The summed E-state index contributed by atoms with van der Waals surface area (Å²) in [5.41, 5.74) is 3.77. The monoisotopic (exact) mass is 386 g/mol. The van der Waals surface area contributed by atoms with E-state index in [-0.39, 0.29) is 18.4 Å². The van der Waals surface area contributed by atoms with Gasteiger partial charge in [0, 0.05) is 24.7 Å². The number of carboxylic acid groups (broad SMARTS) is 1. The molecule has 1 fully saturated rings. The summed E-state index contributed by atoms with van der Waals surface area (Å²) in [6.07, 6.45) is -0.993. The number of benzene rings is 3. The van der Waals surface area contributed by atoms with Crippen molar-refractivity contribution in [3.63, 3.8) is 0 Å². The van der Waals surface area contributed by atoms with Gasteiger partial charge in [0.2, 0.25) is 5.91 Å². The Morgan fingerprint density at radius 1 is 0.828 bits per heavy atom. The largest absolute Gasteiger partial charge is 0.465 e. The van der Waals surface area contributed by atoms with Gasteiger partial charge in [0.1, 0.15) is 0 Å². The van der Waals surface area contributed by atoms with E-state index in [9.17, 15) is 14.7 Å². The van der Waals surface area contributed by atoms with Crippen molar-refractivity contribution in [1.82, 2.24) is 4.90 Å². The highest BCUT2D eigenvalue weighted by Crippen LogP contribution is 2.34. The van der Waals surface area contributed by atoms with Crippen LogP contribution in [0.1, 0.15) is 11.5 Å². The summed E-state index contributed by atoms with van der Waals surface area (Å²) < 4.78 is 0. The molecule has 2 atom stereocenters. The van der Waals surface area contributed by atoms with Crippen molar-refractivity contribution < 1.29 is 14.7 Å². The van der Waals surface area contributed by atoms with Crippen LogP contribution in [0.5, 0.6) is 0 Å². The highest BCUT2D eigenvalue weighted by molar-refractivity contribution is 5.94. The zero-order valence-electron chi connectivity index (χ0n) is 15.9. The van der Waals surface area contributed by atoms with Crippen LogP contribution in [0.15, 0.2) is 84.9 Å². The molecule has 5 heteroatoms. The van der Waals surface area contributed by atoms with Gasteiger partial charge in [-0.15, -0.1) is 0 Å². The molecule has 146 valence electrons. The van der Waals surface area contributed by atoms with Crippen LogP contribution in [0, 0.1) is 5.92 Å². The van der Waals surface area contributed by atoms with Gasteiger partial charge in [-0.25, -0.2) is 4.79 Å². The average molecular weight is 386 g/mol. The Labute approximate surface area is 169 Å². The zero-order valence-corrected chi connectivity index (χ0v) is 15.9. The van der Waals surface area contributed by atoms with Crippen LogP contribution in [-0.2, 0) is 4.79 Å². The Morgan fingerprint density at radius 2 is 1.48 bits per heavy atom. The van der Waals surface area contributed by atoms with Gasteiger partial charge in [-0.1, -0.05) is 72.8 Å². The van der Waals surface area contributed by atoms with Gasteiger partial charge >= 0.3 is 6.09 Å². The van der Waals surface area contributed by atoms with Gasteiger partial charge in [-0.3, -0.25) is 4.79 Å². The van der Waals surface area contributed by atoms with Crippen LogP contribution in [0.3, 0.4) is 0 Å². The number of hydrogen-bond acceptors (Lipinski definition) is 2. The molecule has 4 rings (SSSR count). The fourth-order valence-corrected chi connectivity index (χ4v) is 3.91. The van der Waals surface area contributed by atoms with Crippen molar-refractivity contribution in [2.24, 2.45) is 5.92 Å². The van der Waals surface area contributed by atoms with E-state index in [1.54, 1.807) is 0 Å². The van der Waals surface area contributed by atoms with Crippen LogP contribution in [0.4, 0.5) is 10.5 Å². The number of anilines is 1. The lowest BCUT2D eigenvalue weighted by Gasteiger charge is -2.18. The van der Waals surface area contributed by atoms with E-state index in [1.165, 1.54) is 4.90 Å². The summed E-state index contributed by atoms with van der Waals surface area (Å²) in [7, 11) is 0. The highest BCUT2D eigenvalue weighted by Gasteiger charge is 2.40. The SMILES string of the molecule is O=C(Nc1cccc(-c2ccccc2)c1)C1CN(C(=O)O)CC1c1ccccc1. The number of hydrogen-bond donors (Lipinski definition) is 2. The standard InChI is InChI=1S/C24H22N2O3/c27-23(25-20-13-7-12-19(14-20)17-8-3-1-4-9-17)22-16-26(24(28)29)15-21(22)18-10-5-2-6-11-18/h1-14,21-22H,15-16H2,(H,25,27)(H,28,29). The average Bonchev–Trinajstić information content (AvgIpc) is 3.21. The van der Waals surface area contributed by atoms with Crippen molar-refractivity contribution >= 4 is 17.7 Å². The third-order valence-corrected chi connectivity index (χ3v) is 5.39. The van der Waals surface area contributed by atoms with Crippen molar-refractivity contribution in [1.29, 1.82) is 0 Å². The predicted octanol–water partition coefficient (Wildman–Crippen LogP) is 4.69. The molecule has 1 saturated heterocycles. The van der Waals surface area contributed by atoms with Crippen molar-refractivity contribution in [2.45, 2.75) is 5.92 Å². The van der Waals surface area contributed by atoms with E-state index in [0.717, 1.165) is 16.7 Å². The van der Waals surface area contributed by atoms with Gasteiger partial charge in [0.05, 0.1) is 5.92 Å². The normalized spacial score (nSPS) is 18.4. The molecule has 2 N–H and O–H groups in total. The van der Waals surface area contributed by atoms with E-state index in [4.69, 9.17) is 0 Å². The maximum absolute atomic E-state index is 13.1. The predicted molar refractivity (Wildman–Crippen MR) is 113 cm³/mol.